The third kappa shape index (κ3) is 3.76. The second-order valence-electron chi connectivity index (χ2n) is 4.92. The van der Waals surface area contributed by atoms with E-state index in [9.17, 15) is 0 Å². The fraction of sp³-hybridized carbons (Fsp3) is 0.222. The van der Waals surface area contributed by atoms with E-state index in [1.54, 1.807) is 0 Å². The van der Waals surface area contributed by atoms with Crippen LogP contribution in [0.1, 0.15) is 6.92 Å². The van der Waals surface area contributed by atoms with Crippen LogP contribution in [0.3, 0.4) is 0 Å². The van der Waals surface area contributed by atoms with Gasteiger partial charge in [0.05, 0.1) is 12.2 Å². The molecule has 0 aliphatic heterocycles. The molecule has 1 aromatic heterocycles. The molecule has 5 heteroatoms. The number of hydrogen-bond donors (Lipinski definition) is 1. The molecule has 0 aliphatic carbocycles. The van der Waals surface area contributed by atoms with Gasteiger partial charge in [-0.05, 0) is 19.1 Å². The van der Waals surface area contributed by atoms with E-state index in [1.165, 1.54) is 0 Å². The summed E-state index contributed by atoms with van der Waals surface area (Å²) in [7, 11) is 0. The molecule has 3 aromatic rings. The van der Waals surface area contributed by atoms with Gasteiger partial charge in [0.2, 0.25) is 0 Å². The molecule has 0 radical (unpaired) electrons. The maximum atomic E-state index is 5.80. The molecular formula is C18H19N3O2. The van der Waals surface area contributed by atoms with E-state index in [0.29, 0.717) is 31.5 Å². The predicted molar refractivity (Wildman–Crippen MR) is 89.2 cm³/mol. The van der Waals surface area contributed by atoms with Crippen molar-refractivity contribution in [2.24, 2.45) is 0 Å². The van der Waals surface area contributed by atoms with E-state index in [-0.39, 0.29) is 0 Å². The van der Waals surface area contributed by atoms with Crippen molar-refractivity contribution in [2.75, 3.05) is 19.8 Å². The molecule has 0 saturated heterocycles. The number of aromatic nitrogens is 3. The number of nitrogens with one attached hydrogen (secondary N) is 1. The third-order valence-corrected chi connectivity index (χ3v) is 3.35. The number of aromatic amines is 1. The lowest BCUT2D eigenvalue weighted by atomic mass is 10.2. The standard InChI is InChI=1S/C18H19N3O2/c1-2-22-12-13-23-16-11-7-6-10-15(16)18-19-17(20-21-18)14-8-4-3-5-9-14/h3-11H,2,12-13H2,1H3,(H,19,20,21). The van der Waals surface area contributed by atoms with Crippen LogP contribution in [0.4, 0.5) is 0 Å². The van der Waals surface area contributed by atoms with Gasteiger partial charge in [0.25, 0.3) is 0 Å². The van der Waals surface area contributed by atoms with Crippen molar-refractivity contribution >= 4 is 0 Å². The first-order chi connectivity index (χ1) is 11.4. The van der Waals surface area contributed by atoms with E-state index >= 15 is 0 Å². The fourth-order valence-electron chi connectivity index (χ4n) is 2.24. The Morgan fingerprint density at radius 1 is 0.957 bits per heavy atom. The zero-order valence-electron chi connectivity index (χ0n) is 13.0. The maximum absolute atomic E-state index is 5.80. The molecule has 3 rings (SSSR count). The van der Waals surface area contributed by atoms with Crippen molar-refractivity contribution < 1.29 is 9.47 Å². The highest BCUT2D eigenvalue weighted by Gasteiger charge is 2.11. The van der Waals surface area contributed by atoms with E-state index in [2.05, 4.69) is 15.2 Å². The van der Waals surface area contributed by atoms with Crippen LogP contribution in [-0.4, -0.2) is 35.0 Å². The van der Waals surface area contributed by atoms with E-state index < -0.39 is 0 Å². The normalized spacial score (nSPS) is 10.7. The molecule has 0 fully saturated rings. The number of para-hydroxylation sites is 1. The van der Waals surface area contributed by atoms with Gasteiger partial charge in [-0.15, -0.1) is 0 Å². The molecule has 1 N–H and O–H groups in total. The fourth-order valence-corrected chi connectivity index (χ4v) is 2.24. The van der Waals surface area contributed by atoms with Crippen molar-refractivity contribution in [3.8, 4) is 28.5 Å². The van der Waals surface area contributed by atoms with Crippen molar-refractivity contribution in [1.82, 2.24) is 15.2 Å². The molecule has 23 heavy (non-hydrogen) atoms. The summed E-state index contributed by atoms with van der Waals surface area (Å²) in [4.78, 5) is 4.58. The first-order valence-corrected chi connectivity index (χ1v) is 7.66. The van der Waals surface area contributed by atoms with Gasteiger partial charge in [0.1, 0.15) is 12.4 Å². The molecule has 0 amide bonds. The molecule has 2 aromatic carbocycles. The first-order valence-electron chi connectivity index (χ1n) is 7.66. The van der Waals surface area contributed by atoms with Crippen LogP contribution in [0.5, 0.6) is 5.75 Å². The highest BCUT2D eigenvalue weighted by Crippen LogP contribution is 2.28. The molecule has 0 saturated carbocycles. The minimum absolute atomic E-state index is 0.504. The summed E-state index contributed by atoms with van der Waals surface area (Å²) in [6, 6.07) is 17.7. The Balaban J connectivity index is 1.81. The summed E-state index contributed by atoms with van der Waals surface area (Å²) in [6.07, 6.45) is 0. The molecule has 0 bridgehead atoms. The zero-order valence-corrected chi connectivity index (χ0v) is 13.0. The Bertz CT molecular complexity index is 741. The van der Waals surface area contributed by atoms with Crippen LogP contribution >= 0.6 is 0 Å². The molecule has 1 heterocycles. The second-order valence-corrected chi connectivity index (χ2v) is 4.92. The lowest BCUT2D eigenvalue weighted by molar-refractivity contribution is 0.110. The SMILES string of the molecule is CCOCCOc1ccccc1-c1nc(-c2ccccc2)n[nH]1. The number of ether oxygens (including phenoxy) is 2. The zero-order chi connectivity index (χ0) is 15.9. The average molecular weight is 309 g/mol. The van der Waals surface area contributed by atoms with Gasteiger partial charge in [0.15, 0.2) is 11.6 Å². The van der Waals surface area contributed by atoms with Crippen LogP contribution < -0.4 is 4.74 Å². The number of H-pyrrole nitrogens is 1. The molecule has 0 unspecified atom stereocenters. The van der Waals surface area contributed by atoms with Crippen molar-refractivity contribution in [2.45, 2.75) is 6.92 Å². The lowest BCUT2D eigenvalue weighted by Gasteiger charge is -2.09. The Kier molecular flexibility index (Phi) is 5.01. The highest BCUT2D eigenvalue weighted by atomic mass is 16.5. The monoisotopic (exact) mass is 309 g/mol. The van der Waals surface area contributed by atoms with E-state index in [0.717, 1.165) is 16.9 Å². The summed E-state index contributed by atoms with van der Waals surface area (Å²) in [5, 5.41) is 7.29. The second kappa shape index (κ2) is 7.56. The Hall–Kier alpha value is -2.66. The van der Waals surface area contributed by atoms with Crippen LogP contribution in [-0.2, 0) is 4.74 Å². The molecule has 5 nitrogen and oxygen atoms in total. The van der Waals surface area contributed by atoms with E-state index in [4.69, 9.17) is 9.47 Å². The van der Waals surface area contributed by atoms with Crippen LogP contribution in [0, 0.1) is 0 Å². The number of rotatable bonds is 7. The number of hydrogen-bond acceptors (Lipinski definition) is 4. The summed E-state index contributed by atoms with van der Waals surface area (Å²) < 4.78 is 11.1. The van der Waals surface area contributed by atoms with Crippen LogP contribution in [0.15, 0.2) is 54.6 Å². The Morgan fingerprint density at radius 2 is 1.74 bits per heavy atom. The highest BCUT2D eigenvalue weighted by molar-refractivity contribution is 5.66. The van der Waals surface area contributed by atoms with Gasteiger partial charge < -0.3 is 9.47 Å². The van der Waals surface area contributed by atoms with Gasteiger partial charge in [-0.2, -0.15) is 5.10 Å². The van der Waals surface area contributed by atoms with Gasteiger partial charge in [-0.3, -0.25) is 5.10 Å². The minimum Gasteiger partial charge on any atom is -0.490 e. The van der Waals surface area contributed by atoms with Gasteiger partial charge in [-0.25, -0.2) is 4.98 Å². The van der Waals surface area contributed by atoms with Crippen LogP contribution in [0.25, 0.3) is 22.8 Å². The third-order valence-electron chi connectivity index (χ3n) is 3.35. The maximum Gasteiger partial charge on any atom is 0.181 e. The van der Waals surface area contributed by atoms with Crippen molar-refractivity contribution in [1.29, 1.82) is 0 Å². The van der Waals surface area contributed by atoms with Crippen LogP contribution in [0.2, 0.25) is 0 Å². The summed E-state index contributed by atoms with van der Waals surface area (Å²) in [5.74, 6) is 2.13. The largest absolute Gasteiger partial charge is 0.490 e. The summed E-state index contributed by atoms with van der Waals surface area (Å²) in [6.45, 7) is 3.72. The van der Waals surface area contributed by atoms with Gasteiger partial charge in [0, 0.05) is 12.2 Å². The summed E-state index contributed by atoms with van der Waals surface area (Å²) >= 11 is 0. The smallest absolute Gasteiger partial charge is 0.181 e. The summed E-state index contributed by atoms with van der Waals surface area (Å²) in [5.41, 5.74) is 1.86. The molecular weight excluding hydrogens is 290 g/mol. The molecule has 0 atom stereocenters. The average Bonchev–Trinajstić information content (AvgIpc) is 3.10. The van der Waals surface area contributed by atoms with Crippen molar-refractivity contribution in [3.05, 3.63) is 54.6 Å². The van der Waals surface area contributed by atoms with Gasteiger partial charge >= 0.3 is 0 Å². The quantitative estimate of drug-likeness (QED) is 0.678. The minimum atomic E-state index is 0.504. The van der Waals surface area contributed by atoms with Crippen molar-refractivity contribution in [3.63, 3.8) is 0 Å². The molecule has 0 spiro atoms. The Morgan fingerprint density at radius 3 is 2.57 bits per heavy atom. The molecule has 0 aliphatic rings. The number of benzene rings is 2. The van der Waals surface area contributed by atoms with Gasteiger partial charge in [-0.1, -0.05) is 42.5 Å². The first kappa shape index (κ1) is 15.2. The lowest BCUT2D eigenvalue weighted by Crippen LogP contribution is -2.07. The number of nitrogens with zero attached hydrogens (tertiary/aromatic N) is 2. The predicted octanol–water partition coefficient (Wildman–Crippen LogP) is 3.55. The van der Waals surface area contributed by atoms with E-state index in [1.807, 2.05) is 61.5 Å². The Labute approximate surface area is 135 Å². The molecule has 118 valence electrons. The topological polar surface area (TPSA) is 60.0 Å².